The first-order valence-electron chi connectivity index (χ1n) is 7.68. The van der Waals surface area contributed by atoms with E-state index in [9.17, 15) is 4.79 Å². The topological polar surface area (TPSA) is 23.6 Å². The highest BCUT2D eigenvalue weighted by molar-refractivity contribution is 9.11. The van der Waals surface area contributed by atoms with Crippen molar-refractivity contribution in [3.05, 3.63) is 49.3 Å². The third-order valence-electron chi connectivity index (χ3n) is 3.92. The second-order valence-electron chi connectivity index (χ2n) is 5.47. The van der Waals surface area contributed by atoms with Gasteiger partial charge in [0.15, 0.2) is 0 Å². The fourth-order valence-corrected chi connectivity index (χ4v) is 4.62. The Hall–Kier alpha value is -0.950. The largest absolute Gasteiger partial charge is 0.337 e. The van der Waals surface area contributed by atoms with E-state index in [1.807, 2.05) is 34.4 Å². The lowest BCUT2D eigenvalue weighted by atomic mass is 10.2. The molecule has 1 amide bonds. The molecule has 0 aliphatic carbocycles. The zero-order chi connectivity index (χ0) is 16.1. The summed E-state index contributed by atoms with van der Waals surface area (Å²) < 4.78 is 1.09. The smallest absolute Gasteiger partial charge is 0.246 e. The molecule has 1 fully saturated rings. The minimum absolute atomic E-state index is 0.118. The number of hydrogen-bond acceptors (Lipinski definition) is 4. The Morgan fingerprint density at radius 3 is 2.70 bits per heavy atom. The van der Waals surface area contributed by atoms with Crippen LogP contribution in [0.5, 0.6) is 0 Å². The van der Waals surface area contributed by atoms with Crippen LogP contribution in [0.15, 0.2) is 39.5 Å². The molecule has 3 nitrogen and oxygen atoms in total. The first-order chi connectivity index (χ1) is 11.2. The van der Waals surface area contributed by atoms with Crippen LogP contribution >= 0.6 is 38.6 Å². The van der Waals surface area contributed by atoms with E-state index >= 15 is 0 Å². The van der Waals surface area contributed by atoms with Crippen LogP contribution in [-0.2, 0) is 11.2 Å². The third-order valence-corrected chi connectivity index (χ3v) is 6.45. The van der Waals surface area contributed by atoms with Gasteiger partial charge in [-0.25, -0.2) is 0 Å². The summed E-state index contributed by atoms with van der Waals surface area (Å²) in [6.45, 7) is 4.66. The second kappa shape index (κ2) is 8.24. The molecule has 2 aromatic rings. The molecule has 6 heteroatoms. The van der Waals surface area contributed by atoms with E-state index in [1.54, 1.807) is 17.4 Å². The predicted molar refractivity (Wildman–Crippen MR) is 102 cm³/mol. The maximum atomic E-state index is 12.2. The van der Waals surface area contributed by atoms with Crippen LogP contribution in [-0.4, -0.2) is 48.4 Å². The van der Waals surface area contributed by atoms with Crippen molar-refractivity contribution in [2.24, 2.45) is 0 Å². The van der Waals surface area contributed by atoms with Crippen molar-refractivity contribution in [1.82, 2.24) is 9.80 Å². The lowest BCUT2D eigenvalue weighted by Crippen LogP contribution is -2.48. The molecule has 1 aliphatic heterocycles. The van der Waals surface area contributed by atoms with E-state index < -0.39 is 0 Å². The average molecular weight is 411 g/mol. The predicted octanol–water partition coefficient (Wildman–Crippen LogP) is 3.97. The standard InChI is InChI=1S/C17H19BrN2OS2/c18-16-5-3-15(23-16)4-6-17(21)20-11-9-19(10-12-20)8-7-14-2-1-13-22-14/h1-6,13H,7-12H2. The van der Waals surface area contributed by atoms with Gasteiger partial charge in [-0.1, -0.05) is 6.07 Å². The van der Waals surface area contributed by atoms with Crippen molar-refractivity contribution in [2.45, 2.75) is 6.42 Å². The van der Waals surface area contributed by atoms with Gasteiger partial charge in [-0.2, -0.15) is 0 Å². The van der Waals surface area contributed by atoms with E-state index in [-0.39, 0.29) is 5.91 Å². The summed E-state index contributed by atoms with van der Waals surface area (Å²) in [5.41, 5.74) is 0. The van der Waals surface area contributed by atoms with E-state index in [1.165, 1.54) is 4.88 Å². The number of rotatable bonds is 5. The van der Waals surface area contributed by atoms with Crippen molar-refractivity contribution in [3.63, 3.8) is 0 Å². The highest BCUT2D eigenvalue weighted by Crippen LogP contribution is 2.23. The minimum atomic E-state index is 0.118. The number of hydrogen-bond donors (Lipinski definition) is 0. The first kappa shape index (κ1) is 16.9. The average Bonchev–Trinajstić information content (AvgIpc) is 3.22. The van der Waals surface area contributed by atoms with E-state index in [4.69, 9.17) is 0 Å². The fourth-order valence-electron chi connectivity index (χ4n) is 2.59. The molecule has 3 rings (SSSR count). The second-order valence-corrected chi connectivity index (χ2v) is 9.00. The minimum Gasteiger partial charge on any atom is -0.337 e. The first-order valence-corrected chi connectivity index (χ1v) is 10.2. The molecule has 0 saturated carbocycles. The number of carbonyl (C=O) groups excluding carboxylic acids is 1. The number of thiophene rings is 2. The molecule has 1 saturated heterocycles. The monoisotopic (exact) mass is 410 g/mol. The molecular weight excluding hydrogens is 392 g/mol. The van der Waals surface area contributed by atoms with E-state index in [2.05, 4.69) is 38.3 Å². The van der Waals surface area contributed by atoms with Crippen LogP contribution in [0.4, 0.5) is 0 Å². The maximum Gasteiger partial charge on any atom is 0.246 e. The summed E-state index contributed by atoms with van der Waals surface area (Å²) in [6, 6.07) is 8.31. The van der Waals surface area contributed by atoms with E-state index in [0.717, 1.165) is 47.8 Å². The number of amides is 1. The van der Waals surface area contributed by atoms with Crippen LogP contribution in [0, 0.1) is 0 Å². The Morgan fingerprint density at radius 2 is 2.04 bits per heavy atom. The maximum absolute atomic E-state index is 12.2. The Morgan fingerprint density at radius 1 is 1.22 bits per heavy atom. The van der Waals surface area contributed by atoms with Gasteiger partial charge in [-0.05, 0) is 52.0 Å². The van der Waals surface area contributed by atoms with Gasteiger partial charge in [0.25, 0.3) is 0 Å². The molecule has 0 radical (unpaired) electrons. The van der Waals surface area contributed by atoms with Gasteiger partial charge in [-0.3, -0.25) is 9.69 Å². The van der Waals surface area contributed by atoms with Gasteiger partial charge in [0.05, 0.1) is 3.79 Å². The van der Waals surface area contributed by atoms with Gasteiger partial charge >= 0.3 is 0 Å². The quantitative estimate of drug-likeness (QED) is 0.696. The van der Waals surface area contributed by atoms with Crippen molar-refractivity contribution >= 4 is 50.6 Å². The number of halogens is 1. The fraction of sp³-hybridized carbons (Fsp3) is 0.353. The van der Waals surface area contributed by atoms with Crippen LogP contribution in [0.1, 0.15) is 9.75 Å². The lowest BCUT2D eigenvalue weighted by Gasteiger charge is -2.34. The van der Waals surface area contributed by atoms with Gasteiger partial charge < -0.3 is 4.90 Å². The zero-order valence-electron chi connectivity index (χ0n) is 12.8. The van der Waals surface area contributed by atoms with Crippen LogP contribution in [0.25, 0.3) is 6.08 Å². The number of carbonyl (C=O) groups is 1. The molecule has 0 atom stereocenters. The Labute approximate surface area is 153 Å². The molecular formula is C17H19BrN2OS2. The molecule has 0 unspecified atom stereocenters. The highest BCUT2D eigenvalue weighted by atomic mass is 79.9. The van der Waals surface area contributed by atoms with Crippen LogP contribution in [0.3, 0.4) is 0 Å². The molecule has 3 heterocycles. The highest BCUT2D eigenvalue weighted by Gasteiger charge is 2.19. The van der Waals surface area contributed by atoms with Crippen molar-refractivity contribution < 1.29 is 4.79 Å². The summed E-state index contributed by atoms with van der Waals surface area (Å²) in [7, 11) is 0. The summed E-state index contributed by atoms with van der Waals surface area (Å²) in [4.78, 5) is 19.2. The molecule has 1 aliphatic rings. The molecule has 122 valence electrons. The van der Waals surface area contributed by atoms with Gasteiger partial charge in [-0.15, -0.1) is 22.7 Å². The van der Waals surface area contributed by atoms with Gasteiger partial charge in [0, 0.05) is 48.6 Å². The normalized spacial score (nSPS) is 16.3. The zero-order valence-corrected chi connectivity index (χ0v) is 16.0. The molecule has 0 N–H and O–H groups in total. The summed E-state index contributed by atoms with van der Waals surface area (Å²) in [5.74, 6) is 0.118. The van der Waals surface area contributed by atoms with Gasteiger partial charge in [0.1, 0.15) is 0 Å². The van der Waals surface area contributed by atoms with Crippen LogP contribution in [0.2, 0.25) is 0 Å². The Balaban J connectivity index is 1.43. The van der Waals surface area contributed by atoms with Crippen molar-refractivity contribution in [3.8, 4) is 0 Å². The Bertz CT molecular complexity index is 658. The Kier molecular flexibility index (Phi) is 6.05. The molecule has 23 heavy (non-hydrogen) atoms. The van der Waals surface area contributed by atoms with Crippen molar-refractivity contribution in [1.29, 1.82) is 0 Å². The summed E-state index contributed by atoms with van der Waals surface area (Å²) in [5, 5.41) is 2.13. The molecule has 0 bridgehead atoms. The van der Waals surface area contributed by atoms with Gasteiger partial charge in [0.2, 0.25) is 5.91 Å². The van der Waals surface area contributed by atoms with Crippen LogP contribution < -0.4 is 0 Å². The van der Waals surface area contributed by atoms with Crippen molar-refractivity contribution in [2.75, 3.05) is 32.7 Å². The molecule has 0 aromatic carbocycles. The summed E-state index contributed by atoms with van der Waals surface area (Å²) in [6.07, 6.45) is 4.71. The van der Waals surface area contributed by atoms with E-state index in [0.29, 0.717) is 0 Å². The SMILES string of the molecule is O=C(C=Cc1ccc(Br)s1)N1CCN(CCc2cccs2)CC1. The molecule has 2 aromatic heterocycles. The molecule has 0 spiro atoms. The lowest BCUT2D eigenvalue weighted by molar-refractivity contribution is -0.127. The number of piperazine rings is 1. The third kappa shape index (κ3) is 5.01. The number of nitrogens with zero attached hydrogens (tertiary/aromatic N) is 2. The summed E-state index contributed by atoms with van der Waals surface area (Å²) >= 11 is 6.89.